The maximum absolute atomic E-state index is 15.5. The molecule has 4 aromatic rings. The van der Waals surface area contributed by atoms with Crippen LogP contribution >= 0.6 is 7.60 Å². The average molecular weight is 1650 g/mol. The number of hydrogen-bond donors (Lipinski definition) is 13. The summed E-state index contributed by atoms with van der Waals surface area (Å²) in [5.41, 5.74) is 6.04. The van der Waals surface area contributed by atoms with E-state index in [1.165, 1.54) is 47.9 Å². The number of pyridine rings is 2. The number of cyclic esters (lactones) is 2. The van der Waals surface area contributed by atoms with Gasteiger partial charge >= 0.3 is 31.7 Å². The fraction of sp³-hybridized carbons (Fsp3) is 0.514. The standard InChI is InChI=1S/C74H93FN13O27P/c1-5-74(46-31-53-64-44(35-87(53)69(100)45(46)38-113-71(74)102)62-48(81-58(93)36-89)13-12-43-40(4)47(75)32-51(84-64)61(43)62)115-73(104)114-37-41-8-10-42(11-9-41)80-65(96)49(7-6-19-78-72(76)103)85-68(99)63(39(2)3)86-66(97)52(33-57(92)82-50-16-22-112-70(50)101)83-56(91)17-21-108-24-26-110-28-29-111-27-25-109-23-20-77-67(98)54(88-59(94)14-15-60(88)95)34-79-55(90)18-30-116(105,106)107/h8-11,14-15,31-32,39,48-50,52,54,63,89H,5-7,12-13,16-30,33-38H2,1-4H3,(H,77,98)(H,79,90)(H,80,96)(H,81,93)(H,82,92)(H,83,91)(H,85,99)(H,86,97)(H3,76,78,103)(H2,105,106,107)/t48-,49-,50-,52-,54-,63-,74-/m0/s1. The Hall–Kier alpha value is -11.2. The minimum Gasteiger partial charge on any atom is -0.464 e. The van der Waals surface area contributed by atoms with Crippen LogP contribution in [0.15, 0.2) is 53.3 Å². The summed E-state index contributed by atoms with van der Waals surface area (Å²) < 4.78 is 71.9. The number of primary amides is 1. The summed E-state index contributed by atoms with van der Waals surface area (Å²) in [5.74, 6) is -11.0. The molecule has 0 radical (unpaired) electrons. The summed E-state index contributed by atoms with van der Waals surface area (Å²) in [6.45, 7) is 4.37. The van der Waals surface area contributed by atoms with Crippen molar-refractivity contribution in [3.63, 3.8) is 0 Å². The molecular formula is C74H93FN13O27P. The number of fused-ring (bicyclic) bond motifs is 5. The highest BCUT2D eigenvalue weighted by Crippen LogP contribution is 2.47. The van der Waals surface area contributed by atoms with Crippen molar-refractivity contribution in [3.8, 4) is 11.4 Å². The number of amides is 12. The van der Waals surface area contributed by atoms with Crippen LogP contribution in [0.5, 0.6) is 0 Å². The lowest BCUT2D eigenvalue weighted by Crippen LogP contribution is -2.58. The van der Waals surface area contributed by atoms with Crippen LogP contribution in [-0.2, 0) is 132 Å². The Labute approximate surface area is 661 Å². The third kappa shape index (κ3) is 23.1. The number of anilines is 1. The van der Waals surface area contributed by atoms with Crippen molar-refractivity contribution in [3.05, 3.63) is 104 Å². The molecule has 0 unspecified atom stereocenters. The molecule has 1 aliphatic carbocycles. The monoisotopic (exact) mass is 1650 g/mol. The van der Waals surface area contributed by atoms with Gasteiger partial charge in [-0.1, -0.05) is 32.9 Å². The number of aromatic nitrogens is 2. The molecule has 2 aromatic carbocycles. The Bertz CT molecular complexity index is 4560. The van der Waals surface area contributed by atoms with Crippen LogP contribution in [0.25, 0.3) is 22.3 Å². The number of carbonyl (C=O) groups excluding carboxylic acids is 14. The van der Waals surface area contributed by atoms with Gasteiger partial charge in [0.1, 0.15) is 55.8 Å². The maximum Gasteiger partial charge on any atom is 0.510 e. The SMILES string of the molecule is CC[C@@]1(OC(=O)OCc2ccc(NC(=O)[C@H](CCCNC(N)=O)NC(=O)[C@@H](NC(=O)[C@H](CC(=O)N[C@H]3CCOC3=O)NC(=O)CCOCCOCCOCCOCCNC(=O)[C@H](CNC(=O)CCP(=O)(O)O)N3C(=O)C=CC3=O)C(C)C)cc2)C(=O)OCc2c1cc1n(c2=O)Cc2c-1nc1cc(F)c(C)c3c1c2[C@@H](NC(=O)CO)CC3. The Morgan fingerprint density at radius 2 is 1.41 bits per heavy atom. The van der Waals surface area contributed by atoms with Crippen molar-refractivity contribution in [1.29, 1.82) is 0 Å². The molecule has 6 heterocycles. The van der Waals surface area contributed by atoms with Crippen LogP contribution in [-0.4, -0.2) is 235 Å². The van der Waals surface area contributed by atoms with Gasteiger partial charge in [0.15, 0.2) is 0 Å². The summed E-state index contributed by atoms with van der Waals surface area (Å²) in [6.07, 6.45) is -1.12. The Kier molecular flexibility index (Phi) is 31.3. The molecule has 5 aliphatic rings. The number of carbonyl (C=O) groups is 14. The Balaban J connectivity index is 0.741. The van der Waals surface area contributed by atoms with Crippen LogP contribution in [0.2, 0.25) is 0 Å². The number of halogens is 1. The van der Waals surface area contributed by atoms with Gasteiger partial charge in [-0.25, -0.2) is 28.6 Å². The fourth-order valence-electron chi connectivity index (χ4n) is 13.6. The molecule has 1 fully saturated rings. The van der Waals surface area contributed by atoms with E-state index in [9.17, 15) is 81.6 Å². The molecular weight excluding hydrogens is 1550 g/mol. The fourth-order valence-corrected chi connectivity index (χ4v) is 14.1. The quantitative estimate of drug-likeness (QED) is 0.00721. The van der Waals surface area contributed by atoms with Gasteiger partial charge in [0, 0.05) is 79.3 Å². The molecule has 4 aliphatic heterocycles. The average Bonchev–Trinajstić information content (AvgIpc) is 1.51. The maximum atomic E-state index is 15.5. The lowest BCUT2D eigenvalue weighted by atomic mass is 9.81. The number of aliphatic hydroxyl groups excluding tert-OH is 1. The highest BCUT2D eigenvalue weighted by Gasteiger charge is 2.52. The lowest BCUT2D eigenvalue weighted by molar-refractivity contribution is -0.175. The molecule has 0 spiro atoms. The molecule has 40 nitrogen and oxygen atoms in total. The van der Waals surface area contributed by atoms with E-state index in [1.54, 1.807) is 20.8 Å². The first kappa shape index (κ1) is 88.7. The molecule has 1 saturated heterocycles. The van der Waals surface area contributed by atoms with Crippen molar-refractivity contribution in [2.24, 2.45) is 11.7 Å². The number of imide groups is 1. The van der Waals surface area contributed by atoms with Crippen LogP contribution in [0.1, 0.15) is 117 Å². The molecule has 14 N–H and O–H groups in total. The first-order valence-electron chi connectivity index (χ1n) is 37.4. The minimum atomic E-state index is -4.48. The first-order valence-corrected chi connectivity index (χ1v) is 39.2. The lowest BCUT2D eigenvalue weighted by Gasteiger charge is -2.35. The number of urea groups is 1. The highest BCUT2D eigenvalue weighted by atomic mass is 31.2. The van der Waals surface area contributed by atoms with E-state index in [0.717, 1.165) is 12.2 Å². The second kappa shape index (κ2) is 40.9. The number of nitrogens with two attached hydrogens (primary N) is 1. The van der Waals surface area contributed by atoms with E-state index in [1.807, 2.05) is 0 Å². The number of ether oxygens (including phenoxy) is 8. The molecule has 2 aromatic heterocycles. The van der Waals surface area contributed by atoms with Crippen LogP contribution < -0.4 is 59.1 Å². The van der Waals surface area contributed by atoms with Crippen LogP contribution in [0, 0.1) is 18.7 Å². The zero-order valence-electron chi connectivity index (χ0n) is 63.9. The van der Waals surface area contributed by atoms with E-state index in [4.69, 9.17) is 58.4 Å². The zero-order valence-corrected chi connectivity index (χ0v) is 64.8. The van der Waals surface area contributed by atoms with E-state index in [0.29, 0.717) is 50.9 Å². The summed E-state index contributed by atoms with van der Waals surface area (Å²) in [5, 5.41) is 33.3. The Morgan fingerprint density at radius 1 is 0.733 bits per heavy atom. The largest absolute Gasteiger partial charge is 0.510 e. The van der Waals surface area contributed by atoms with Crippen molar-refractivity contribution in [1.82, 2.24) is 57.0 Å². The molecule has 12 amide bonds. The van der Waals surface area contributed by atoms with Gasteiger partial charge < -0.3 is 111 Å². The van der Waals surface area contributed by atoms with Crippen molar-refractivity contribution in [2.75, 3.05) is 97.2 Å². The van der Waals surface area contributed by atoms with Gasteiger partial charge in [0.05, 0.1) is 107 Å². The number of benzene rings is 2. The molecule has 7 atom stereocenters. The third-order valence-corrected chi connectivity index (χ3v) is 20.3. The number of aryl methyl sites for hydroxylation is 1. The summed E-state index contributed by atoms with van der Waals surface area (Å²) in [6, 6.07) is 0.242. The van der Waals surface area contributed by atoms with Crippen molar-refractivity contribution >= 4 is 107 Å². The second-order valence-corrected chi connectivity index (χ2v) is 29.7. The van der Waals surface area contributed by atoms with Gasteiger partial charge in [0.25, 0.3) is 17.4 Å². The van der Waals surface area contributed by atoms with Gasteiger partial charge in [0.2, 0.25) is 52.9 Å². The van der Waals surface area contributed by atoms with Crippen molar-refractivity contribution < 1.29 is 129 Å². The predicted molar refractivity (Wildman–Crippen MR) is 399 cm³/mol. The van der Waals surface area contributed by atoms with Gasteiger partial charge in [-0.05, 0) is 85.4 Å². The predicted octanol–water partition coefficient (Wildman–Crippen LogP) is -1.15. The van der Waals surface area contributed by atoms with Crippen molar-refractivity contribution in [2.45, 2.75) is 147 Å². The summed E-state index contributed by atoms with van der Waals surface area (Å²) >= 11 is 0. The molecule has 116 heavy (non-hydrogen) atoms. The van der Waals surface area contributed by atoms with Gasteiger partial charge in [-0.2, -0.15) is 0 Å². The number of nitrogens with zero attached hydrogens (tertiary/aromatic N) is 3. The minimum absolute atomic E-state index is 0.00806. The van der Waals surface area contributed by atoms with Crippen LogP contribution in [0.4, 0.5) is 19.7 Å². The number of rotatable bonds is 43. The highest BCUT2D eigenvalue weighted by molar-refractivity contribution is 7.51. The molecule has 0 bridgehead atoms. The zero-order chi connectivity index (χ0) is 84.1. The topological polar surface area (TPSA) is 563 Å². The third-order valence-electron chi connectivity index (χ3n) is 19.5. The number of hydrogen-bond acceptors (Lipinski definition) is 26. The van der Waals surface area contributed by atoms with Crippen LogP contribution in [0.3, 0.4) is 0 Å². The molecule has 9 rings (SSSR count). The second-order valence-electron chi connectivity index (χ2n) is 27.9. The normalized spacial score (nSPS) is 17.5. The van der Waals surface area contributed by atoms with E-state index >= 15 is 4.39 Å². The summed E-state index contributed by atoms with van der Waals surface area (Å²) in [4.78, 5) is 221. The van der Waals surface area contributed by atoms with E-state index in [-0.39, 0.29) is 145 Å². The van der Waals surface area contributed by atoms with Gasteiger partial charge in [-0.15, -0.1) is 0 Å². The summed E-state index contributed by atoms with van der Waals surface area (Å²) in [7, 11) is -4.48. The molecule has 628 valence electrons. The smallest absolute Gasteiger partial charge is 0.464 e. The molecule has 0 saturated carbocycles. The number of aliphatic hydroxyl groups is 1. The first-order chi connectivity index (χ1) is 55.3. The molecule has 42 heteroatoms. The number of esters is 2. The Morgan fingerprint density at radius 3 is 2.04 bits per heavy atom. The van der Waals surface area contributed by atoms with Gasteiger partial charge in [-0.3, -0.25) is 62.2 Å². The number of nitrogens with one attached hydrogen (secondary N) is 9. The van der Waals surface area contributed by atoms with E-state index < -0.39 is 195 Å². The van der Waals surface area contributed by atoms with E-state index in [2.05, 4.69) is 47.9 Å².